The molecule has 25 heavy (non-hydrogen) atoms. The Kier molecular flexibility index (Phi) is 5.71. The highest BCUT2D eigenvalue weighted by atomic mass is 35.5. The van der Waals surface area contributed by atoms with Crippen LogP contribution in [0.15, 0.2) is 42.5 Å². The van der Waals surface area contributed by atoms with Gasteiger partial charge in [0.1, 0.15) is 18.2 Å². The summed E-state index contributed by atoms with van der Waals surface area (Å²) in [6.07, 6.45) is 0. The number of ether oxygens (including phenoxy) is 1. The fraction of sp³-hybridized carbons (Fsp3) is 0.118. The first-order valence-corrected chi connectivity index (χ1v) is 7.54. The van der Waals surface area contributed by atoms with Crippen molar-refractivity contribution in [3.8, 4) is 5.75 Å². The van der Waals surface area contributed by atoms with Crippen LogP contribution in [0.3, 0.4) is 0 Å². The molecule has 8 heteroatoms. The number of nitrogens with two attached hydrogens (primary N) is 1. The second kappa shape index (κ2) is 7.76. The van der Waals surface area contributed by atoms with Crippen molar-refractivity contribution < 1.29 is 18.7 Å². The average molecular weight is 364 g/mol. The maximum atomic E-state index is 14.2. The molecule has 2 rings (SSSR count). The topological polar surface area (TPSA) is 96.5 Å². The number of amides is 3. The van der Waals surface area contributed by atoms with Crippen LogP contribution in [-0.2, 0) is 11.4 Å². The Morgan fingerprint density at radius 3 is 2.48 bits per heavy atom. The molecular formula is C17H15ClFN3O3. The minimum atomic E-state index is -1.22. The van der Waals surface area contributed by atoms with E-state index in [1.165, 1.54) is 6.92 Å². The Morgan fingerprint density at radius 1 is 1.28 bits per heavy atom. The first kappa shape index (κ1) is 18.4. The number of carbonyl (C=O) groups is 2. The van der Waals surface area contributed by atoms with Gasteiger partial charge in [-0.1, -0.05) is 41.9 Å². The highest BCUT2D eigenvalue weighted by Crippen LogP contribution is 2.33. The zero-order chi connectivity index (χ0) is 18.6. The van der Waals surface area contributed by atoms with E-state index in [2.05, 4.69) is 0 Å². The standard InChI is InChI=1S/C17H15ClFN3O3/c1-10(20)16(23)22(17(21)24)14-8-15(12(18)7-13(14)19)25-9-11-5-3-2-4-6-11/h2-8,20H,9H2,1H3,(H2,21,24). The van der Waals surface area contributed by atoms with Crippen molar-refractivity contribution >= 4 is 34.9 Å². The van der Waals surface area contributed by atoms with Crippen LogP contribution in [-0.4, -0.2) is 17.6 Å². The summed E-state index contributed by atoms with van der Waals surface area (Å²) in [7, 11) is 0. The van der Waals surface area contributed by atoms with E-state index in [0.29, 0.717) is 4.90 Å². The van der Waals surface area contributed by atoms with Crippen LogP contribution in [0.2, 0.25) is 5.02 Å². The summed E-state index contributed by atoms with van der Waals surface area (Å²) in [5.41, 5.74) is 5.10. The lowest BCUT2D eigenvalue weighted by atomic mass is 10.2. The maximum Gasteiger partial charge on any atom is 0.326 e. The van der Waals surface area contributed by atoms with Gasteiger partial charge in [-0.05, 0) is 18.6 Å². The summed E-state index contributed by atoms with van der Waals surface area (Å²) >= 11 is 5.97. The Bertz CT molecular complexity index is 827. The lowest BCUT2D eigenvalue weighted by molar-refractivity contribution is -0.112. The van der Waals surface area contributed by atoms with E-state index in [4.69, 9.17) is 27.5 Å². The SMILES string of the molecule is CC(=N)C(=O)N(C(N)=O)c1cc(OCc2ccccc2)c(Cl)cc1F. The molecule has 0 atom stereocenters. The molecule has 0 bridgehead atoms. The Balaban J connectivity index is 2.37. The molecule has 0 heterocycles. The molecule has 0 aliphatic carbocycles. The number of hydrogen-bond donors (Lipinski definition) is 2. The zero-order valence-electron chi connectivity index (χ0n) is 13.3. The Labute approximate surface area is 148 Å². The summed E-state index contributed by atoms with van der Waals surface area (Å²) in [4.78, 5) is 23.9. The van der Waals surface area contributed by atoms with Crippen molar-refractivity contribution in [1.29, 1.82) is 5.41 Å². The highest BCUT2D eigenvalue weighted by molar-refractivity contribution is 6.46. The van der Waals surface area contributed by atoms with Crippen LogP contribution in [0.25, 0.3) is 0 Å². The van der Waals surface area contributed by atoms with Gasteiger partial charge in [-0.3, -0.25) is 10.2 Å². The Morgan fingerprint density at radius 2 is 1.92 bits per heavy atom. The molecule has 2 aromatic carbocycles. The first-order chi connectivity index (χ1) is 11.8. The molecule has 0 unspecified atom stereocenters. The van der Waals surface area contributed by atoms with E-state index < -0.39 is 29.2 Å². The third-order valence-electron chi connectivity index (χ3n) is 3.22. The number of carbonyl (C=O) groups excluding carboxylic acids is 2. The van der Waals surface area contributed by atoms with Crippen LogP contribution in [0.4, 0.5) is 14.9 Å². The largest absolute Gasteiger partial charge is 0.487 e. The summed E-state index contributed by atoms with van der Waals surface area (Å²) in [5.74, 6) is -1.91. The lowest BCUT2D eigenvalue weighted by Crippen LogP contribution is -2.44. The number of halogens is 2. The molecule has 0 aromatic heterocycles. The van der Waals surface area contributed by atoms with Gasteiger partial charge in [0.2, 0.25) is 0 Å². The lowest BCUT2D eigenvalue weighted by Gasteiger charge is -2.20. The van der Waals surface area contributed by atoms with E-state index in [9.17, 15) is 14.0 Å². The molecule has 2 aromatic rings. The van der Waals surface area contributed by atoms with Crippen molar-refractivity contribution in [2.24, 2.45) is 5.73 Å². The van der Waals surface area contributed by atoms with Crippen molar-refractivity contribution in [3.05, 3.63) is 58.9 Å². The highest BCUT2D eigenvalue weighted by Gasteiger charge is 2.27. The summed E-state index contributed by atoms with van der Waals surface area (Å²) in [6.45, 7) is 1.32. The molecule has 0 saturated heterocycles. The van der Waals surface area contributed by atoms with E-state index in [-0.39, 0.29) is 17.4 Å². The molecule has 0 fully saturated rings. The monoisotopic (exact) mass is 363 g/mol. The predicted molar refractivity (Wildman–Crippen MR) is 92.7 cm³/mol. The number of primary amides is 1. The maximum absolute atomic E-state index is 14.2. The summed E-state index contributed by atoms with van der Waals surface area (Å²) in [6, 6.07) is 9.97. The molecule has 0 aliphatic rings. The quantitative estimate of drug-likeness (QED) is 0.795. The molecule has 3 amide bonds. The third-order valence-corrected chi connectivity index (χ3v) is 3.52. The number of rotatable bonds is 5. The van der Waals surface area contributed by atoms with Crippen LogP contribution in [0, 0.1) is 11.2 Å². The average Bonchev–Trinajstić information content (AvgIpc) is 2.56. The van der Waals surface area contributed by atoms with Gasteiger partial charge in [0.25, 0.3) is 5.91 Å². The van der Waals surface area contributed by atoms with Gasteiger partial charge >= 0.3 is 6.03 Å². The number of urea groups is 1. The number of anilines is 1. The van der Waals surface area contributed by atoms with Crippen LogP contribution in [0.5, 0.6) is 5.75 Å². The summed E-state index contributed by atoms with van der Waals surface area (Å²) < 4.78 is 19.8. The van der Waals surface area contributed by atoms with E-state index >= 15 is 0 Å². The molecular weight excluding hydrogens is 349 g/mol. The smallest absolute Gasteiger partial charge is 0.326 e. The summed E-state index contributed by atoms with van der Waals surface area (Å²) in [5, 5.41) is 7.33. The van der Waals surface area contributed by atoms with Crippen LogP contribution >= 0.6 is 11.6 Å². The van der Waals surface area contributed by atoms with Crippen molar-refractivity contribution in [2.75, 3.05) is 4.90 Å². The zero-order valence-corrected chi connectivity index (χ0v) is 14.0. The number of hydrogen-bond acceptors (Lipinski definition) is 4. The number of nitrogens with one attached hydrogen (secondary N) is 1. The van der Waals surface area contributed by atoms with Gasteiger partial charge in [-0.2, -0.15) is 0 Å². The van der Waals surface area contributed by atoms with Crippen molar-refractivity contribution in [2.45, 2.75) is 13.5 Å². The second-order valence-corrected chi connectivity index (χ2v) is 5.52. The van der Waals surface area contributed by atoms with Crippen LogP contribution in [0.1, 0.15) is 12.5 Å². The van der Waals surface area contributed by atoms with Crippen LogP contribution < -0.4 is 15.4 Å². The molecule has 0 saturated carbocycles. The van der Waals surface area contributed by atoms with E-state index in [1.807, 2.05) is 30.3 Å². The molecule has 0 aliphatic heterocycles. The Hall–Kier alpha value is -2.93. The van der Waals surface area contributed by atoms with Gasteiger partial charge in [0.15, 0.2) is 0 Å². The van der Waals surface area contributed by atoms with Crippen molar-refractivity contribution in [3.63, 3.8) is 0 Å². The van der Waals surface area contributed by atoms with Gasteiger partial charge in [0, 0.05) is 6.07 Å². The molecule has 130 valence electrons. The second-order valence-electron chi connectivity index (χ2n) is 5.11. The minimum absolute atomic E-state index is 0.0272. The molecule has 0 spiro atoms. The fourth-order valence-corrected chi connectivity index (χ4v) is 2.24. The normalized spacial score (nSPS) is 10.2. The predicted octanol–water partition coefficient (Wildman–Crippen LogP) is 3.51. The van der Waals surface area contributed by atoms with Gasteiger partial charge < -0.3 is 10.5 Å². The van der Waals surface area contributed by atoms with Gasteiger partial charge in [0.05, 0.1) is 16.4 Å². The third kappa shape index (κ3) is 4.33. The van der Waals surface area contributed by atoms with Crippen molar-refractivity contribution in [1.82, 2.24) is 0 Å². The number of imide groups is 1. The molecule has 0 radical (unpaired) electrons. The van der Waals surface area contributed by atoms with Gasteiger partial charge in [-0.15, -0.1) is 0 Å². The fourth-order valence-electron chi connectivity index (χ4n) is 2.03. The first-order valence-electron chi connectivity index (χ1n) is 7.16. The van der Waals surface area contributed by atoms with E-state index in [0.717, 1.165) is 17.7 Å². The number of nitrogens with zero attached hydrogens (tertiary/aromatic N) is 1. The molecule has 6 nitrogen and oxygen atoms in total. The van der Waals surface area contributed by atoms with Gasteiger partial charge in [-0.25, -0.2) is 14.1 Å². The number of benzene rings is 2. The van der Waals surface area contributed by atoms with E-state index in [1.54, 1.807) is 0 Å². The minimum Gasteiger partial charge on any atom is -0.487 e. The molecule has 3 N–H and O–H groups in total.